The van der Waals surface area contributed by atoms with E-state index in [4.69, 9.17) is 11.0 Å². The Bertz CT molecular complexity index is 553. The van der Waals surface area contributed by atoms with Crippen LogP contribution >= 0.6 is 0 Å². The van der Waals surface area contributed by atoms with E-state index in [9.17, 15) is 0 Å². The average Bonchev–Trinajstić information content (AvgIpc) is 2.84. The molecule has 2 rings (SSSR count). The van der Waals surface area contributed by atoms with Crippen LogP contribution in [0.1, 0.15) is 12.5 Å². The average molecular weight is 241 g/mol. The van der Waals surface area contributed by atoms with Crippen LogP contribution in [0.4, 0.5) is 11.4 Å². The summed E-state index contributed by atoms with van der Waals surface area (Å²) in [7, 11) is 0. The van der Waals surface area contributed by atoms with E-state index in [2.05, 4.69) is 23.3 Å². The molecule has 0 aliphatic carbocycles. The van der Waals surface area contributed by atoms with Gasteiger partial charge in [0, 0.05) is 25.0 Å². The Hall–Kier alpha value is -2.48. The van der Waals surface area contributed by atoms with Gasteiger partial charge in [-0.25, -0.2) is 4.98 Å². The monoisotopic (exact) mass is 241 g/mol. The molecule has 0 aliphatic rings. The number of hydrogen-bond acceptors (Lipinski definition) is 4. The molecule has 1 heterocycles. The van der Waals surface area contributed by atoms with Gasteiger partial charge in [-0.15, -0.1) is 0 Å². The molecule has 5 nitrogen and oxygen atoms in total. The molecule has 0 saturated carbocycles. The first-order valence-corrected chi connectivity index (χ1v) is 5.71. The van der Waals surface area contributed by atoms with Gasteiger partial charge in [0.15, 0.2) is 0 Å². The first-order valence-electron chi connectivity index (χ1n) is 5.71. The predicted molar refractivity (Wildman–Crippen MR) is 70.9 cm³/mol. The largest absolute Gasteiger partial charge is 0.396 e. The molecule has 0 radical (unpaired) electrons. The lowest BCUT2D eigenvalue weighted by atomic mass is 10.1. The SMILES string of the molecule is CC(Cn1ccnc1)Nc1cccc(C#N)c1N. The van der Waals surface area contributed by atoms with Crippen LogP contribution in [0.5, 0.6) is 0 Å². The zero-order valence-electron chi connectivity index (χ0n) is 10.2. The van der Waals surface area contributed by atoms with Crippen molar-refractivity contribution in [3.8, 4) is 6.07 Å². The first-order chi connectivity index (χ1) is 8.70. The Morgan fingerprint density at radius 2 is 2.39 bits per heavy atom. The van der Waals surface area contributed by atoms with Crippen molar-refractivity contribution in [1.82, 2.24) is 9.55 Å². The topological polar surface area (TPSA) is 79.7 Å². The second-order valence-corrected chi connectivity index (χ2v) is 4.18. The maximum atomic E-state index is 8.91. The summed E-state index contributed by atoms with van der Waals surface area (Å²) in [5.74, 6) is 0. The maximum Gasteiger partial charge on any atom is 0.101 e. The van der Waals surface area contributed by atoms with Gasteiger partial charge in [-0.3, -0.25) is 0 Å². The molecule has 1 atom stereocenters. The number of imidazole rings is 1. The molecule has 0 aliphatic heterocycles. The van der Waals surface area contributed by atoms with Crippen molar-refractivity contribution in [1.29, 1.82) is 5.26 Å². The van der Waals surface area contributed by atoms with Gasteiger partial charge in [0.05, 0.1) is 23.3 Å². The minimum atomic E-state index is 0.190. The van der Waals surface area contributed by atoms with Gasteiger partial charge in [0.25, 0.3) is 0 Å². The molecule has 1 aromatic carbocycles. The highest BCUT2D eigenvalue weighted by Crippen LogP contribution is 2.22. The summed E-state index contributed by atoms with van der Waals surface area (Å²) in [5.41, 5.74) is 7.70. The van der Waals surface area contributed by atoms with E-state index in [0.717, 1.165) is 12.2 Å². The molecule has 1 aromatic heterocycles. The summed E-state index contributed by atoms with van der Waals surface area (Å²) < 4.78 is 1.99. The third kappa shape index (κ3) is 2.61. The van der Waals surface area contributed by atoms with E-state index >= 15 is 0 Å². The van der Waals surface area contributed by atoms with Gasteiger partial charge in [0.2, 0.25) is 0 Å². The van der Waals surface area contributed by atoms with Crippen molar-refractivity contribution >= 4 is 11.4 Å². The number of aromatic nitrogens is 2. The van der Waals surface area contributed by atoms with Crippen LogP contribution in [0.2, 0.25) is 0 Å². The van der Waals surface area contributed by atoms with Crippen LogP contribution in [-0.4, -0.2) is 15.6 Å². The zero-order chi connectivity index (χ0) is 13.0. The fraction of sp³-hybridized carbons (Fsp3) is 0.231. The van der Waals surface area contributed by atoms with E-state index in [0.29, 0.717) is 11.3 Å². The number of nitrogen functional groups attached to an aromatic ring is 1. The molecule has 2 aromatic rings. The lowest BCUT2D eigenvalue weighted by Gasteiger charge is -2.17. The quantitative estimate of drug-likeness (QED) is 0.800. The highest BCUT2D eigenvalue weighted by Gasteiger charge is 2.08. The molecule has 0 amide bonds. The molecule has 0 bridgehead atoms. The lowest BCUT2D eigenvalue weighted by molar-refractivity contribution is 0.619. The molecule has 5 heteroatoms. The second kappa shape index (κ2) is 5.23. The van der Waals surface area contributed by atoms with E-state index in [1.54, 1.807) is 18.6 Å². The summed E-state index contributed by atoms with van der Waals surface area (Å²) in [5, 5.41) is 12.2. The van der Waals surface area contributed by atoms with Crippen molar-refractivity contribution in [3.63, 3.8) is 0 Å². The molecule has 3 N–H and O–H groups in total. The normalized spacial score (nSPS) is 11.8. The van der Waals surface area contributed by atoms with Crippen LogP contribution in [0.15, 0.2) is 36.9 Å². The van der Waals surface area contributed by atoms with Crippen molar-refractivity contribution in [2.24, 2.45) is 0 Å². The molecular weight excluding hydrogens is 226 g/mol. The van der Waals surface area contributed by atoms with Gasteiger partial charge in [-0.2, -0.15) is 5.26 Å². The van der Waals surface area contributed by atoms with Crippen molar-refractivity contribution in [2.45, 2.75) is 19.5 Å². The molecular formula is C13H15N5. The van der Waals surface area contributed by atoms with Crippen LogP contribution in [0.3, 0.4) is 0 Å². The summed E-state index contributed by atoms with van der Waals surface area (Å²) in [4.78, 5) is 3.99. The summed E-state index contributed by atoms with van der Waals surface area (Å²) >= 11 is 0. The van der Waals surface area contributed by atoms with Crippen LogP contribution in [-0.2, 0) is 6.54 Å². The van der Waals surface area contributed by atoms with Crippen molar-refractivity contribution in [3.05, 3.63) is 42.5 Å². The number of para-hydroxylation sites is 1. The van der Waals surface area contributed by atoms with E-state index in [1.165, 1.54) is 0 Å². The maximum absolute atomic E-state index is 8.91. The highest BCUT2D eigenvalue weighted by molar-refractivity contribution is 5.73. The standard InChI is InChI=1S/C13H15N5/c1-10(8-18-6-5-16-9-18)17-12-4-2-3-11(7-14)13(12)15/h2-6,9-10,17H,8,15H2,1H3. The number of anilines is 2. The molecule has 92 valence electrons. The van der Waals surface area contributed by atoms with Crippen molar-refractivity contribution < 1.29 is 0 Å². The van der Waals surface area contributed by atoms with Crippen LogP contribution in [0.25, 0.3) is 0 Å². The number of nitrogens with two attached hydrogens (primary N) is 1. The fourth-order valence-electron chi connectivity index (χ4n) is 1.81. The number of nitrogens with one attached hydrogen (secondary N) is 1. The highest BCUT2D eigenvalue weighted by atomic mass is 15.1. The molecule has 1 unspecified atom stereocenters. The molecule has 0 saturated heterocycles. The molecule has 18 heavy (non-hydrogen) atoms. The summed E-state index contributed by atoms with van der Waals surface area (Å²) in [6.45, 7) is 2.84. The smallest absolute Gasteiger partial charge is 0.101 e. The Morgan fingerprint density at radius 1 is 1.56 bits per heavy atom. The number of rotatable bonds is 4. The van der Waals surface area contributed by atoms with Crippen molar-refractivity contribution in [2.75, 3.05) is 11.1 Å². The summed E-state index contributed by atoms with van der Waals surface area (Å²) in [6, 6.07) is 7.67. The zero-order valence-corrected chi connectivity index (χ0v) is 10.2. The Morgan fingerprint density at radius 3 is 3.06 bits per heavy atom. The fourth-order valence-corrected chi connectivity index (χ4v) is 1.81. The van der Waals surface area contributed by atoms with Crippen LogP contribution < -0.4 is 11.1 Å². The number of benzene rings is 1. The predicted octanol–water partition coefficient (Wildman–Crippen LogP) is 1.84. The summed E-state index contributed by atoms with van der Waals surface area (Å²) in [6.07, 6.45) is 5.43. The lowest BCUT2D eigenvalue weighted by Crippen LogP contribution is -2.22. The third-order valence-electron chi connectivity index (χ3n) is 2.67. The van der Waals surface area contributed by atoms with Crippen LogP contribution in [0, 0.1) is 11.3 Å². The van der Waals surface area contributed by atoms with Gasteiger partial charge < -0.3 is 15.6 Å². The second-order valence-electron chi connectivity index (χ2n) is 4.18. The minimum Gasteiger partial charge on any atom is -0.396 e. The number of hydrogen-bond donors (Lipinski definition) is 2. The van der Waals surface area contributed by atoms with Gasteiger partial charge in [-0.05, 0) is 19.1 Å². The Kier molecular flexibility index (Phi) is 3.49. The Labute approximate surface area is 106 Å². The van der Waals surface area contributed by atoms with Gasteiger partial charge >= 0.3 is 0 Å². The molecule has 0 spiro atoms. The minimum absolute atomic E-state index is 0.190. The first kappa shape index (κ1) is 12.0. The Balaban J connectivity index is 2.08. The van der Waals surface area contributed by atoms with Gasteiger partial charge in [-0.1, -0.05) is 6.07 Å². The number of nitrogens with zero attached hydrogens (tertiary/aromatic N) is 3. The van der Waals surface area contributed by atoms with E-state index < -0.39 is 0 Å². The third-order valence-corrected chi connectivity index (χ3v) is 2.67. The van der Waals surface area contributed by atoms with Gasteiger partial charge in [0.1, 0.15) is 6.07 Å². The van der Waals surface area contributed by atoms with E-state index in [-0.39, 0.29) is 6.04 Å². The molecule has 0 fully saturated rings. The number of nitriles is 1. The van der Waals surface area contributed by atoms with E-state index in [1.807, 2.05) is 22.9 Å².